The van der Waals surface area contributed by atoms with Crippen LogP contribution in [0.2, 0.25) is 0 Å². The maximum absolute atomic E-state index is 10.9. The zero-order valence-electron chi connectivity index (χ0n) is 7.52. The van der Waals surface area contributed by atoms with Crippen molar-refractivity contribution >= 4 is 6.03 Å². The second-order valence-electron chi connectivity index (χ2n) is 3.27. The molecule has 1 aliphatic rings. The van der Waals surface area contributed by atoms with Gasteiger partial charge in [0.15, 0.2) is 0 Å². The summed E-state index contributed by atoms with van der Waals surface area (Å²) in [5.74, 6) is 0. The Kier molecular flexibility index (Phi) is 3.14. The molecule has 68 valence electrons. The van der Waals surface area contributed by atoms with E-state index in [-0.39, 0.29) is 6.03 Å². The fourth-order valence-corrected chi connectivity index (χ4v) is 1.53. The van der Waals surface area contributed by atoms with Crippen LogP contribution in [0.1, 0.15) is 25.7 Å². The molecule has 0 saturated heterocycles. The molecule has 0 bridgehead atoms. The Bertz CT molecular complexity index is 189. The standard InChI is InChI=1S/C9H16N2O/c1-7-4-3-5-8(6-7)11-9(12)10-2/h8H,1,3-6H2,2H3,(H2,10,11,12). The molecule has 0 spiro atoms. The Morgan fingerprint density at radius 2 is 2.42 bits per heavy atom. The summed E-state index contributed by atoms with van der Waals surface area (Å²) in [5.41, 5.74) is 1.25. The van der Waals surface area contributed by atoms with Crippen molar-refractivity contribution in [2.24, 2.45) is 0 Å². The third-order valence-electron chi connectivity index (χ3n) is 2.18. The monoisotopic (exact) mass is 168 g/mol. The topological polar surface area (TPSA) is 41.1 Å². The molecule has 1 aliphatic carbocycles. The van der Waals surface area contributed by atoms with Gasteiger partial charge < -0.3 is 10.6 Å². The maximum Gasteiger partial charge on any atom is 0.314 e. The molecule has 12 heavy (non-hydrogen) atoms. The smallest absolute Gasteiger partial charge is 0.314 e. The molecule has 1 atom stereocenters. The lowest BCUT2D eigenvalue weighted by Gasteiger charge is -2.24. The highest BCUT2D eigenvalue weighted by atomic mass is 16.2. The summed E-state index contributed by atoms with van der Waals surface area (Å²) in [4.78, 5) is 10.9. The average molecular weight is 168 g/mol. The number of carbonyl (C=O) groups excluding carboxylic acids is 1. The van der Waals surface area contributed by atoms with E-state index in [9.17, 15) is 4.79 Å². The molecule has 0 aliphatic heterocycles. The Labute approximate surface area is 73.2 Å². The van der Waals surface area contributed by atoms with Crippen molar-refractivity contribution in [3.8, 4) is 0 Å². The summed E-state index contributed by atoms with van der Waals surface area (Å²) < 4.78 is 0. The highest BCUT2D eigenvalue weighted by Gasteiger charge is 2.16. The number of hydrogen-bond acceptors (Lipinski definition) is 1. The van der Waals surface area contributed by atoms with E-state index in [0.717, 1.165) is 25.7 Å². The van der Waals surface area contributed by atoms with Gasteiger partial charge in [-0.2, -0.15) is 0 Å². The molecule has 1 fully saturated rings. The van der Waals surface area contributed by atoms with E-state index in [0.29, 0.717) is 6.04 Å². The molecule has 2 amide bonds. The van der Waals surface area contributed by atoms with Gasteiger partial charge in [-0.25, -0.2) is 4.79 Å². The van der Waals surface area contributed by atoms with Crippen molar-refractivity contribution < 1.29 is 4.79 Å². The van der Waals surface area contributed by atoms with Gasteiger partial charge in [-0.15, -0.1) is 0 Å². The first kappa shape index (κ1) is 9.10. The fourth-order valence-electron chi connectivity index (χ4n) is 1.53. The number of urea groups is 1. The third kappa shape index (κ3) is 2.57. The normalized spacial score (nSPS) is 23.4. The van der Waals surface area contributed by atoms with Crippen LogP contribution in [0.4, 0.5) is 4.79 Å². The van der Waals surface area contributed by atoms with Crippen LogP contribution in [0.5, 0.6) is 0 Å². The Hall–Kier alpha value is -0.990. The molecule has 0 aromatic rings. The van der Waals surface area contributed by atoms with Gasteiger partial charge in [-0.05, 0) is 25.7 Å². The molecule has 0 radical (unpaired) electrons. The van der Waals surface area contributed by atoms with Crippen LogP contribution in [-0.2, 0) is 0 Å². The van der Waals surface area contributed by atoms with E-state index in [1.807, 2.05) is 0 Å². The first-order valence-corrected chi connectivity index (χ1v) is 4.37. The lowest BCUT2D eigenvalue weighted by molar-refractivity contribution is 0.237. The van der Waals surface area contributed by atoms with E-state index in [1.54, 1.807) is 7.05 Å². The van der Waals surface area contributed by atoms with E-state index >= 15 is 0 Å². The van der Waals surface area contributed by atoms with E-state index in [1.165, 1.54) is 5.57 Å². The van der Waals surface area contributed by atoms with Crippen LogP contribution < -0.4 is 10.6 Å². The third-order valence-corrected chi connectivity index (χ3v) is 2.18. The van der Waals surface area contributed by atoms with Gasteiger partial charge in [-0.3, -0.25) is 0 Å². The fraction of sp³-hybridized carbons (Fsp3) is 0.667. The van der Waals surface area contributed by atoms with Gasteiger partial charge in [-0.1, -0.05) is 12.2 Å². The Balaban J connectivity index is 2.32. The summed E-state index contributed by atoms with van der Waals surface area (Å²) in [6.07, 6.45) is 4.28. The van der Waals surface area contributed by atoms with E-state index < -0.39 is 0 Å². The molecule has 0 aromatic carbocycles. The van der Waals surface area contributed by atoms with E-state index in [2.05, 4.69) is 17.2 Å². The lowest BCUT2D eigenvalue weighted by Crippen LogP contribution is -2.41. The molecule has 1 unspecified atom stereocenters. The number of carbonyl (C=O) groups is 1. The predicted octanol–water partition coefficient (Wildman–Crippen LogP) is 1.41. The van der Waals surface area contributed by atoms with Crippen molar-refractivity contribution in [1.29, 1.82) is 0 Å². The van der Waals surface area contributed by atoms with Crippen LogP contribution in [-0.4, -0.2) is 19.1 Å². The molecule has 1 saturated carbocycles. The van der Waals surface area contributed by atoms with Gasteiger partial charge in [0.05, 0.1) is 0 Å². The summed E-state index contributed by atoms with van der Waals surface area (Å²) in [6, 6.07) is 0.209. The average Bonchev–Trinajstić information content (AvgIpc) is 2.04. The molecule has 0 aromatic heterocycles. The number of amides is 2. The van der Waals surface area contributed by atoms with Crippen LogP contribution >= 0.6 is 0 Å². The summed E-state index contributed by atoms with van der Waals surface area (Å²) in [7, 11) is 1.63. The largest absolute Gasteiger partial charge is 0.341 e. The van der Waals surface area contributed by atoms with Crippen LogP contribution in [0, 0.1) is 0 Å². The lowest BCUT2D eigenvalue weighted by atomic mass is 9.92. The first-order valence-electron chi connectivity index (χ1n) is 4.37. The van der Waals surface area contributed by atoms with Gasteiger partial charge in [0, 0.05) is 13.1 Å². The minimum absolute atomic E-state index is 0.0882. The van der Waals surface area contributed by atoms with Crippen molar-refractivity contribution in [1.82, 2.24) is 10.6 Å². The van der Waals surface area contributed by atoms with Crippen molar-refractivity contribution in [3.05, 3.63) is 12.2 Å². The number of rotatable bonds is 1. The molecule has 3 heteroatoms. The second-order valence-corrected chi connectivity index (χ2v) is 3.27. The summed E-state index contributed by atoms with van der Waals surface area (Å²) in [5, 5.41) is 5.44. The second kappa shape index (κ2) is 4.14. The number of hydrogen-bond donors (Lipinski definition) is 2. The van der Waals surface area contributed by atoms with Crippen molar-refractivity contribution in [3.63, 3.8) is 0 Å². The summed E-state index contributed by atoms with van der Waals surface area (Å²) in [6.45, 7) is 3.93. The molecule has 1 rings (SSSR count). The molecule has 0 heterocycles. The van der Waals surface area contributed by atoms with Gasteiger partial charge >= 0.3 is 6.03 Å². The Morgan fingerprint density at radius 1 is 1.67 bits per heavy atom. The first-order chi connectivity index (χ1) is 5.72. The van der Waals surface area contributed by atoms with Crippen LogP contribution in [0.3, 0.4) is 0 Å². The minimum Gasteiger partial charge on any atom is -0.341 e. The minimum atomic E-state index is -0.0882. The molecule has 3 nitrogen and oxygen atoms in total. The van der Waals surface area contributed by atoms with Crippen LogP contribution in [0.15, 0.2) is 12.2 Å². The zero-order valence-corrected chi connectivity index (χ0v) is 7.52. The molecular formula is C9H16N2O. The van der Waals surface area contributed by atoms with Gasteiger partial charge in [0.1, 0.15) is 0 Å². The molecular weight excluding hydrogens is 152 g/mol. The van der Waals surface area contributed by atoms with Gasteiger partial charge in [0.25, 0.3) is 0 Å². The van der Waals surface area contributed by atoms with Gasteiger partial charge in [0.2, 0.25) is 0 Å². The summed E-state index contributed by atoms with van der Waals surface area (Å²) >= 11 is 0. The zero-order chi connectivity index (χ0) is 8.97. The molecule has 2 N–H and O–H groups in total. The predicted molar refractivity (Wildman–Crippen MR) is 49.0 cm³/mol. The van der Waals surface area contributed by atoms with Crippen molar-refractivity contribution in [2.75, 3.05) is 7.05 Å². The number of nitrogens with one attached hydrogen (secondary N) is 2. The Morgan fingerprint density at radius 3 is 3.00 bits per heavy atom. The highest BCUT2D eigenvalue weighted by Crippen LogP contribution is 2.21. The van der Waals surface area contributed by atoms with E-state index in [4.69, 9.17) is 0 Å². The highest BCUT2D eigenvalue weighted by molar-refractivity contribution is 5.73. The SMILES string of the molecule is C=C1CCCC(NC(=O)NC)C1. The quantitative estimate of drug-likeness (QED) is 0.571. The maximum atomic E-state index is 10.9. The van der Waals surface area contributed by atoms with Crippen LogP contribution in [0.25, 0.3) is 0 Å². The van der Waals surface area contributed by atoms with Crippen molar-refractivity contribution in [2.45, 2.75) is 31.7 Å².